The lowest BCUT2D eigenvalue weighted by atomic mass is 10.1. The van der Waals surface area contributed by atoms with Crippen molar-refractivity contribution in [3.05, 3.63) is 0 Å². The molecule has 0 aliphatic heterocycles. The Morgan fingerprint density at radius 1 is 1.31 bits per heavy atom. The van der Waals surface area contributed by atoms with Crippen molar-refractivity contribution in [3.8, 4) is 0 Å². The maximum atomic E-state index is 11.5. The van der Waals surface area contributed by atoms with E-state index in [4.69, 9.17) is 5.73 Å². The molecule has 0 bridgehead atoms. The van der Waals surface area contributed by atoms with Gasteiger partial charge in [-0.15, -0.1) is 0 Å². The van der Waals surface area contributed by atoms with Crippen LogP contribution in [-0.2, 0) is 9.59 Å². The zero-order chi connectivity index (χ0) is 12.4. The molecule has 1 atom stereocenters. The number of hydrogen-bond acceptors (Lipinski definition) is 3. The van der Waals surface area contributed by atoms with Crippen molar-refractivity contribution in [2.24, 2.45) is 5.73 Å². The van der Waals surface area contributed by atoms with Gasteiger partial charge in [0.05, 0.1) is 0 Å². The third kappa shape index (κ3) is 6.40. The van der Waals surface area contributed by atoms with Crippen LogP contribution < -0.4 is 16.4 Å². The van der Waals surface area contributed by atoms with Gasteiger partial charge < -0.3 is 16.4 Å². The molecule has 0 radical (unpaired) electrons. The minimum Gasteiger partial charge on any atom is -0.357 e. The molecule has 5 nitrogen and oxygen atoms in total. The van der Waals surface area contributed by atoms with Crippen LogP contribution in [-0.4, -0.2) is 31.4 Å². The van der Waals surface area contributed by atoms with Gasteiger partial charge in [-0.05, 0) is 32.2 Å². The first-order valence-corrected chi connectivity index (χ1v) is 5.86. The second-order valence-electron chi connectivity index (χ2n) is 3.77. The average molecular weight is 229 g/mol. The molecule has 0 aromatic rings. The zero-order valence-corrected chi connectivity index (χ0v) is 10.2. The maximum Gasteiger partial charge on any atom is 0.242 e. The monoisotopic (exact) mass is 229 g/mol. The zero-order valence-electron chi connectivity index (χ0n) is 10.2. The highest BCUT2D eigenvalue weighted by molar-refractivity contribution is 5.87. The predicted octanol–water partition coefficient (Wildman–Crippen LogP) is 0.146. The van der Waals surface area contributed by atoms with Gasteiger partial charge in [0.1, 0.15) is 6.04 Å². The summed E-state index contributed by atoms with van der Waals surface area (Å²) in [7, 11) is 1.57. The highest BCUT2D eigenvalue weighted by Crippen LogP contribution is 2.01. The van der Waals surface area contributed by atoms with Crippen molar-refractivity contribution < 1.29 is 9.59 Å². The van der Waals surface area contributed by atoms with Crippen LogP contribution in [0.1, 0.15) is 39.0 Å². The molecule has 0 saturated carbocycles. The highest BCUT2D eigenvalue weighted by Gasteiger charge is 2.18. The van der Waals surface area contributed by atoms with Crippen molar-refractivity contribution >= 4 is 11.8 Å². The fourth-order valence-electron chi connectivity index (χ4n) is 1.43. The van der Waals surface area contributed by atoms with Crippen LogP contribution in [0.5, 0.6) is 0 Å². The first kappa shape index (κ1) is 14.9. The van der Waals surface area contributed by atoms with Crippen LogP contribution in [0.25, 0.3) is 0 Å². The van der Waals surface area contributed by atoms with E-state index in [1.54, 1.807) is 7.05 Å². The van der Waals surface area contributed by atoms with Gasteiger partial charge in [0.2, 0.25) is 11.8 Å². The summed E-state index contributed by atoms with van der Waals surface area (Å²) in [5.41, 5.74) is 5.38. The molecule has 94 valence electrons. The second-order valence-corrected chi connectivity index (χ2v) is 3.77. The standard InChI is InChI=1S/C11H23N3O2/c1-3-6-10(15)14-9(11(16)13-2)7-4-5-8-12/h9H,3-8,12H2,1-2H3,(H,13,16)(H,14,15)/t9-/m0/s1. The molecule has 0 heterocycles. The number of unbranched alkanes of at least 4 members (excludes halogenated alkanes) is 1. The van der Waals surface area contributed by atoms with Crippen molar-refractivity contribution in [3.63, 3.8) is 0 Å². The molecule has 0 aliphatic rings. The Morgan fingerprint density at radius 3 is 2.50 bits per heavy atom. The normalized spacial score (nSPS) is 11.9. The molecule has 0 aromatic carbocycles. The summed E-state index contributed by atoms with van der Waals surface area (Å²) in [6.45, 7) is 2.55. The maximum absolute atomic E-state index is 11.5. The number of likely N-dealkylation sites (N-methyl/N-ethyl adjacent to an activating group) is 1. The van der Waals surface area contributed by atoms with Gasteiger partial charge in [-0.1, -0.05) is 6.92 Å². The second kappa shape index (κ2) is 9.15. The Hall–Kier alpha value is -1.10. The van der Waals surface area contributed by atoms with E-state index in [-0.39, 0.29) is 11.8 Å². The summed E-state index contributed by atoms with van der Waals surface area (Å²) >= 11 is 0. The molecule has 16 heavy (non-hydrogen) atoms. The Labute approximate surface area is 97.2 Å². The minimum atomic E-state index is -0.421. The Kier molecular flexibility index (Phi) is 8.52. The number of nitrogens with two attached hydrogens (primary N) is 1. The molecule has 0 rings (SSSR count). The Bertz CT molecular complexity index is 219. The van der Waals surface area contributed by atoms with Gasteiger partial charge in [0.25, 0.3) is 0 Å². The summed E-state index contributed by atoms with van der Waals surface area (Å²) in [4.78, 5) is 22.9. The predicted molar refractivity (Wildman–Crippen MR) is 63.8 cm³/mol. The minimum absolute atomic E-state index is 0.0659. The lowest BCUT2D eigenvalue weighted by molar-refractivity contribution is -0.128. The topological polar surface area (TPSA) is 84.2 Å². The molecular weight excluding hydrogens is 206 g/mol. The van der Waals surface area contributed by atoms with E-state index in [0.717, 1.165) is 19.3 Å². The first-order valence-electron chi connectivity index (χ1n) is 5.86. The van der Waals surface area contributed by atoms with Gasteiger partial charge in [-0.3, -0.25) is 9.59 Å². The number of amides is 2. The number of hydrogen-bond donors (Lipinski definition) is 3. The van der Waals surface area contributed by atoms with Crippen molar-refractivity contribution in [1.82, 2.24) is 10.6 Å². The van der Waals surface area contributed by atoms with E-state index in [1.165, 1.54) is 0 Å². The Morgan fingerprint density at radius 2 is 2.00 bits per heavy atom. The smallest absolute Gasteiger partial charge is 0.242 e. The molecular formula is C11H23N3O2. The molecule has 0 aromatic heterocycles. The molecule has 0 spiro atoms. The number of nitrogens with one attached hydrogen (secondary N) is 2. The van der Waals surface area contributed by atoms with Gasteiger partial charge in [0.15, 0.2) is 0 Å². The number of carbonyl (C=O) groups excluding carboxylic acids is 2. The van der Waals surface area contributed by atoms with Gasteiger partial charge in [0, 0.05) is 13.5 Å². The number of carbonyl (C=O) groups is 2. The van der Waals surface area contributed by atoms with Crippen molar-refractivity contribution in [1.29, 1.82) is 0 Å². The van der Waals surface area contributed by atoms with Gasteiger partial charge in [-0.2, -0.15) is 0 Å². The van der Waals surface area contributed by atoms with Crippen LogP contribution in [0.3, 0.4) is 0 Å². The van der Waals surface area contributed by atoms with Crippen LogP contribution >= 0.6 is 0 Å². The summed E-state index contributed by atoms with van der Waals surface area (Å²) in [6.07, 6.45) is 3.62. The van der Waals surface area contributed by atoms with Crippen LogP contribution in [0.2, 0.25) is 0 Å². The molecule has 5 heteroatoms. The molecule has 4 N–H and O–H groups in total. The van der Waals surface area contributed by atoms with Crippen molar-refractivity contribution in [2.75, 3.05) is 13.6 Å². The number of rotatable bonds is 8. The molecule has 0 saturated heterocycles. The summed E-state index contributed by atoms with van der Waals surface area (Å²) in [5.74, 6) is -0.203. The molecule has 2 amide bonds. The Balaban J connectivity index is 4.09. The highest BCUT2D eigenvalue weighted by atomic mass is 16.2. The van der Waals surface area contributed by atoms with E-state index < -0.39 is 6.04 Å². The van der Waals surface area contributed by atoms with E-state index in [2.05, 4.69) is 10.6 Å². The molecule has 0 aliphatic carbocycles. The fraction of sp³-hybridized carbons (Fsp3) is 0.818. The van der Waals surface area contributed by atoms with Gasteiger partial charge in [-0.25, -0.2) is 0 Å². The fourth-order valence-corrected chi connectivity index (χ4v) is 1.43. The third-order valence-electron chi connectivity index (χ3n) is 2.32. The van der Waals surface area contributed by atoms with E-state index in [9.17, 15) is 9.59 Å². The largest absolute Gasteiger partial charge is 0.357 e. The third-order valence-corrected chi connectivity index (χ3v) is 2.32. The molecule has 0 unspecified atom stereocenters. The van der Waals surface area contributed by atoms with Crippen LogP contribution in [0.15, 0.2) is 0 Å². The first-order chi connectivity index (χ1) is 7.65. The van der Waals surface area contributed by atoms with E-state index in [1.807, 2.05) is 6.92 Å². The summed E-state index contributed by atoms with van der Waals surface area (Å²) in [6, 6.07) is -0.421. The lowest BCUT2D eigenvalue weighted by Crippen LogP contribution is -2.45. The van der Waals surface area contributed by atoms with Gasteiger partial charge >= 0.3 is 0 Å². The van der Waals surface area contributed by atoms with E-state index in [0.29, 0.717) is 19.4 Å². The van der Waals surface area contributed by atoms with E-state index >= 15 is 0 Å². The van der Waals surface area contributed by atoms with Crippen LogP contribution in [0.4, 0.5) is 0 Å². The average Bonchev–Trinajstić information content (AvgIpc) is 2.27. The van der Waals surface area contributed by atoms with Crippen LogP contribution in [0, 0.1) is 0 Å². The summed E-state index contributed by atoms with van der Waals surface area (Å²) in [5, 5.41) is 5.29. The lowest BCUT2D eigenvalue weighted by Gasteiger charge is -2.16. The molecule has 0 fully saturated rings. The van der Waals surface area contributed by atoms with Crippen molar-refractivity contribution in [2.45, 2.75) is 45.1 Å². The SMILES string of the molecule is CCCC(=O)N[C@@H](CCCCN)C(=O)NC. The quantitative estimate of drug-likeness (QED) is 0.518. The summed E-state index contributed by atoms with van der Waals surface area (Å²) < 4.78 is 0.